The first-order valence-electron chi connectivity index (χ1n) is 8.06. The summed E-state index contributed by atoms with van der Waals surface area (Å²) in [5.41, 5.74) is 1.26. The normalized spacial score (nSPS) is 13.8. The molecular weight excluding hydrogens is 340 g/mol. The fourth-order valence-electron chi connectivity index (χ4n) is 2.62. The Morgan fingerprint density at radius 3 is 2.38 bits per heavy atom. The van der Waals surface area contributed by atoms with Gasteiger partial charge in [-0.2, -0.15) is 0 Å². The Morgan fingerprint density at radius 1 is 0.808 bits per heavy atom. The van der Waals surface area contributed by atoms with Gasteiger partial charge in [0.2, 0.25) is 6.79 Å². The molecule has 8 nitrogen and oxygen atoms in total. The molecule has 0 atom stereocenters. The standard InChI is InChI=1S/C18H16N2O6/c21-17(19-9-11-1-3-14-15(7-11)26-10-25-14)18(22)20-12-2-4-13-16(8-12)24-6-5-23-13/h1-4,7-8H,5-6,9-10H2,(H,19,21)(H,20,22). The molecule has 0 saturated carbocycles. The molecule has 4 rings (SSSR count). The average molecular weight is 356 g/mol. The maximum Gasteiger partial charge on any atom is 0.313 e. The molecule has 0 saturated heterocycles. The van der Waals surface area contributed by atoms with Crippen molar-refractivity contribution in [1.82, 2.24) is 5.32 Å². The molecule has 2 aromatic rings. The second kappa shape index (κ2) is 6.83. The maximum absolute atomic E-state index is 12.0. The second-order valence-corrected chi connectivity index (χ2v) is 5.68. The van der Waals surface area contributed by atoms with E-state index in [1.54, 1.807) is 36.4 Å². The van der Waals surface area contributed by atoms with Crippen LogP contribution in [0.1, 0.15) is 5.56 Å². The smallest absolute Gasteiger partial charge is 0.313 e. The summed E-state index contributed by atoms with van der Waals surface area (Å²) in [6.45, 7) is 1.31. The van der Waals surface area contributed by atoms with E-state index in [-0.39, 0.29) is 13.3 Å². The van der Waals surface area contributed by atoms with Crippen LogP contribution in [0.4, 0.5) is 5.69 Å². The molecule has 0 radical (unpaired) electrons. The lowest BCUT2D eigenvalue weighted by molar-refractivity contribution is -0.136. The number of carbonyl (C=O) groups is 2. The van der Waals surface area contributed by atoms with Crippen LogP contribution in [-0.4, -0.2) is 31.8 Å². The number of hydrogen-bond donors (Lipinski definition) is 2. The number of anilines is 1. The van der Waals surface area contributed by atoms with Gasteiger partial charge in [0.15, 0.2) is 23.0 Å². The molecule has 2 heterocycles. The highest BCUT2D eigenvalue weighted by Gasteiger charge is 2.17. The van der Waals surface area contributed by atoms with Gasteiger partial charge in [0.1, 0.15) is 13.2 Å². The molecule has 2 aliphatic rings. The molecule has 0 aliphatic carbocycles. The molecule has 0 fully saturated rings. The van der Waals surface area contributed by atoms with Gasteiger partial charge in [-0.05, 0) is 29.8 Å². The summed E-state index contributed by atoms with van der Waals surface area (Å²) in [6.07, 6.45) is 0. The van der Waals surface area contributed by atoms with Crippen molar-refractivity contribution in [1.29, 1.82) is 0 Å². The Labute approximate surface area is 149 Å². The first-order valence-corrected chi connectivity index (χ1v) is 8.06. The Kier molecular flexibility index (Phi) is 4.22. The predicted molar refractivity (Wildman–Crippen MR) is 90.5 cm³/mol. The van der Waals surface area contributed by atoms with Crippen LogP contribution in [0.2, 0.25) is 0 Å². The monoisotopic (exact) mass is 356 g/mol. The van der Waals surface area contributed by atoms with E-state index in [2.05, 4.69) is 10.6 Å². The Hall–Kier alpha value is -3.42. The van der Waals surface area contributed by atoms with Gasteiger partial charge in [-0.1, -0.05) is 6.07 Å². The van der Waals surface area contributed by atoms with E-state index in [0.717, 1.165) is 5.56 Å². The molecule has 26 heavy (non-hydrogen) atoms. The van der Waals surface area contributed by atoms with Gasteiger partial charge in [0.25, 0.3) is 0 Å². The summed E-state index contributed by atoms with van der Waals surface area (Å²) in [5, 5.41) is 5.11. The number of amides is 2. The number of carbonyl (C=O) groups excluding carboxylic acids is 2. The molecule has 2 N–H and O–H groups in total. The van der Waals surface area contributed by atoms with Crippen LogP contribution < -0.4 is 29.6 Å². The van der Waals surface area contributed by atoms with E-state index >= 15 is 0 Å². The van der Waals surface area contributed by atoms with Gasteiger partial charge in [0, 0.05) is 18.3 Å². The van der Waals surface area contributed by atoms with E-state index in [4.69, 9.17) is 18.9 Å². The zero-order valence-electron chi connectivity index (χ0n) is 13.7. The van der Waals surface area contributed by atoms with Crippen molar-refractivity contribution in [3.8, 4) is 23.0 Å². The number of hydrogen-bond acceptors (Lipinski definition) is 6. The van der Waals surface area contributed by atoms with Crippen molar-refractivity contribution in [3.63, 3.8) is 0 Å². The van der Waals surface area contributed by atoms with Gasteiger partial charge in [-0.15, -0.1) is 0 Å². The number of nitrogens with one attached hydrogen (secondary N) is 2. The maximum atomic E-state index is 12.0. The molecule has 134 valence electrons. The number of ether oxygens (including phenoxy) is 4. The fraction of sp³-hybridized carbons (Fsp3) is 0.222. The largest absolute Gasteiger partial charge is 0.486 e. The van der Waals surface area contributed by atoms with Crippen LogP contribution in [0.5, 0.6) is 23.0 Å². The van der Waals surface area contributed by atoms with E-state index < -0.39 is 11.8 Å². The van der Waals surface area contributed by atoms with Gasteiger partial charge in [-0.25, -0.2) is 0 Å². The molecular formula is C18H16N2O6. The van der Waals surface area contributed by atoms with Crippen molar-refractivity contribution in [2.24, 2.45) is 0 Å². The third-order valence-electron chi connectivity index (χ3n) is 3.90. The molecule has 8 heteroatoms. The van der Waals surface area contributed by atoms with Crippen molar-refractivity contribution in [3.05, 3.63) is 42.0 Å². The van der Waals surface area contributed by atoms with E-state index in [9.17, 15) is 9.59 Å². The minimum absolute atomic E-state index is 0.184. The molecule has 0 spiro atoms. The lowest BCUT2D eigenvalue weighted by Gasteiger charge is -2.18. The first kappa shape index (κ1) is 16.1. The highest BCUT2D eigenvalue weighted by Crippen LogP contribution is 2.33. The van der Waals surface area contributed by atoms with Gasteiger partial charge < -0.3 is 29.6 Å². The van der Waals surface area contributed by atoms with E-state index in [0.29, 0.717) is 41.9 Å². The Balaban J connectivity index is 1.34. The minimum Gasteiger partial charge on any atom is -0.486 e. The number of fused-ring (bicyclic) bond motifs is 2. The summed E-state index contributed by atoms with van der Waals surface area (Å²) in [5.74, 6) is 0.935. The van der Waals surface area contributed by atoms with Crippen LogP contribution in [0.25, 0.3) is 0 Å². The van der Waals surface area contributed by atoms with Crippen LogP contribution >= 0.6 is 0 Å². The molecule has 0 unspecified atom stereocenters. The van der Waals surface area contributed by atoms with Crippen LogP contribution in [0.3, 0.4) is 0 Å². The summed E-state index contributed by atoms with van der Waals surface area (Å²) < 4.78 is 21.4. The first-order chi connectivity index (χ1) is 12.7. The Morgan fingerprint density at radius 2 is 1.50 bits per heavy atom. The van der Waals surface area contributed by atoms with Crippen molar-refractivity contribution < 1.29 is 28.5 Å². The molecule has 2 aromatic carbocycles. The van der Waals surface area contributed by atoms with Crippen LogP contribution in [0, 0.1) is 0 Å². The van der Waals surface area contributed by atoms with Crippen LogP contribution in [0.15, 0.2) is 36.4 Å². The summed E-state index contributed by atoms with van der Waals surface area (Å²) >= 11 is 0. The lowest BCUT2D eigenvalue weighted by atomic mass is 10.2. The predicted octanol–water partition coefficient (Wildman–Crippen LogP) is 1.44. The highest BCUT2D eigenvalue weighted by molar-refractivity contribution is 6.39. The van der Waals surface area contributed by atoms with Gasteiger partial charge in [-0.3, -0.25) is 9.59 Å². The third kappa shape index (κ3) is 3.34. The summed E-state index contributed by atoms with van der Waals surface area (Å²) in [4.78, 5) is 24.1. The summed E-state index contributed by atoms with van der Waals surface area (Å²) in [6, 6.07) is 10.3. The molecule has 2 aliphatic heterocycles. The lowest BCUT2D eigenvalue weighted by Crippen LogP contribution is -2.35. The second-order valence-electron chi connectivity index (χ2n) is 5.68. The quantitative estimate of drug-likeness (QED) is 0.808. The zero-order valence-corrected chi connectivity index (χ0v) is 13.7. The summed E-state index contributed by atoms with van der Waals surface area (Å²) in [7, 11) is 0. The van der Waals surface area contributed by atoms with Gasteiger partial charge >= 0.3 is 11.8 Å². The van der Waals surface area contributed by atoms with Crippen molar-refractivity contribution >= 4 is 17.5 Å². The van der Waals surface area contributed by atoms with E-state index in [1.165, 1.54) is 0 Å². The highest BCUT2D eigenvalue weighted by atomic mass is 16.7. The average Bonchev–Trinajstić information content (AvgIpc) is 3.13. The van der Waals surface area contributed by atoms with E-state index in [1.807, 2.05) is 0 Å². The Bertz CT molecular complexity index is 867. The SMILES string of the molecule is O=C(NCc1ccc2c(c1)OCO2)C(=O)Nc1ccc2c(c1)OCCO2. The van der Waals surface area contributed by atoms with Gasteiger partial charge in [0.05, 0.1) is 0 Å². The topological polar surface area (TPSA) is 95.1 Å². The molecule has 0 bridgehead atoms. The zero-order chi connectivity index (χ0) is 17.9. The number of rotatable bonds is 3. The molecule has 2 amide bonds. The fourth-order valence-corrected chi connectivity index (χ4v) is 2.62. The van der Waals surface area contributed by atoms with Crippen molar-refractivity contribution in [2.45, 2.75) is 6.54 Å². The molecule has 0 aromatic heterocycles. The number of benzene rings is 2. The van der Waals surface area contributed by atoms with Crippen molar-refractivity contribution in [2.75, 3.05) is 25.3 Å². The minimum atomic E-state index is -0.762. The van der Waals surface area contributed by atoms with Crippen LogP contribution in [-0.2, 0) is 16.1 Å². The third-order valence-corrected chi connectivity index (χ3v) is 3.90.